The van der Waals surface area contributed by atoms with Crippen molar-refractivity contribution in [3.05, 3.63) is 62.6 Å². The standard InChI is InChI=1S/C15H16N4O2/c1-10-6-4-5-7-11(10)8-19-13-12(16-9-17(13)2)14(20)18(3)15(19)21/h4-7,9H,8H2,1-3H3. The molecule has 0 aliphatic heterocycles. The molecule has 0 bridgehead atoms. The van der Waals surface area contributed by atoms with Crippen LogP contribution in [0.3, 0.4) is 0 Å². The van der Waals surface area contributed by atoms with Gasteiger partial charge in [0.15, 0.2) is 5.52 Å². The van der Waals surface area contributed by atoms with Crippen molar-refractivity contribution in [2.45, 2.75) is 13.5 Å². The van der Waals surface area contributed by atoms with Crippen LogP contribution in [0.1, 0.15) is 11.1 Å². The SMILES string of the molecule is Cc1ccccc1Cn1c(=O)n(C)c(=O)c2ncn(C)c21. The number of rotatable bonds is 2. The van der Waals surface area contributed by atoms with E-state index in [1.807, 2.05) is 31.2 Å². The first-order chi connectivity index (χ1) is 10.0. The molecule has 0 unspecified atom stereocenters. The molecular formula is C15H16N4O2. The van der Waals surface area contributed by atoms with E-state index >= 15 is 0 Å². The van der Waals surface area contributed by atoms with Gasteiger partial charge in [-0.05, 0) is 18.1 Å². The maximum Gasteiger partial charge on any atom is 0.332 e. The molecule has 0 radical (unpaired) electrons. The Labute approximate surface area is 120 Å². The Morgan fingerprint density at radius 3 is 2.57 bits per heavy atom. The molecule has 0 atom stereocenters. The van der Waals surface area contributed by atoms with Gasteiger partial charge in [0.2, 0.25) is 0 Å². The summed E-state index contributed by atoms with van der Waals surface area (Å²) in [5, 5.41) is 0. The normalized spacial score (nSPS) is 11.2. The molecule has 6 heteroatoms. The quantitative estimate of drug-likeness (QED) is 0.699. The zero-order valence-corrected chi connectivity index (χ0v) is 12.2. The van der Waals surface area contributed by atoms with Crippen LogP contribution in [-0.4, -0.2) is 18.7 Å². The number of aromatic nitrogens is 4. The van der Waals surface area contributed by atoms with E-state index in [-0.39, 0.29) is 11.2 Å². The second kappa shape index (κ2) is 4.73. The van der Waals surface area contributed by atoms with Gasteiger partial charge in [0.05, 0.1) is 12.9 Å². The highest BCUT2D eigenvalue weighted by molar-refractivity contribution is 5.70. The summed E-state index contributed by atoms with van der Waals surface area (Å²) in [5.74, 6) is 0. The number of benzene rings is 1. The van der Waals surface area contributed by atoms with Crippen molar-refractivity contribution in [3.8, 4) is 0 Å². The molecule has 0 N–H and O–H groups in total. The van der Waals surface area contributed by atoms with Crippen molar-refractivity contribution in [2.24, 2.45) is 14.1 Å². The van der Waals surface area contributed by atoms with E-state index in [1.165, 1.54) is 7.05 Å². The van der Waals surface area contributed by atoms with E-state index in [0.29, 0.717) is 17.7 Å². The van der Waals surface area contributed by atoms with Crippen molar-refractivity contribution in [3.63, 3.8) is 0 Å². The molecule has 0 aliphatic rings. The van der Waals surface area contributed by atoms with Gasteiger partial charge in [-0.2, -0.15) is 0 Å². The predicted molar refractivity (Wildman–Crippen MR) is 80.5 cm³/mol. The van der Waals surface area contributed by atoms with Crippen LogP contribution in [-0.2, 0) is 20.6 Å². The number of imidazole rings is 1. The topological polar surface area (TPSA) is 61.8 Å². The summed E-state index contributed by atoms with van der Waals surface area (Å²) < 4.78 is 4.40. The molecule has 3 aromatic rings. The first-order valence-corrected chi connectivity index (χ1v) is 6.66. The third kappa shape index (κ3) is 1.99. The molecule has 0 spiro atoms. The van der Waals surface area contributed by atoms with E-state index in [4.69, 9.17) is 0 Å². The summed E-state index contributed by atoms with van der Waals surface area (Å²) in [4.78, 5) is 28.7. The Morgan fingerprint density at radius 1 is 1.14 bits per heavy atom. The minimum absolute atomic E-state index is 0.313. The zero-order chi connectivity index (χ0) is 15.1. The Kier molecular flexibility index (Phi) is 3.01. The molecule has 3 rings (SSSR count). The van der Waals surface area contributed by atoms with Crippen molar-refractivity contribution in [2.75, 3.05) is 0 Å². The molecule has 0 amide bonds. The molecular weight excluding hydrogens is 268 g/mol. The highest BCUT2D eigenvalue weighted by Gasteiger charge is 2.15. The second-order valence-corrected chi connectivity index (χ2v) is 5.19. The molecule has 0 aliphatic carbocycles. The van der Waals surface area contributed by atoms with Gasteiger partial charge in [0.25, 0.3) is 5.56 Å². The van der Waals surface area contributed by atoms with Crippen molar-refractivity contribution < 1.29 is 0 Å². The zero-order valence-electron chi connectivity index (χ0n) is 12.2. The minimum Gasteiger partial charge on any atom is -0.320 e. The summed E-state index contributed by atoms with van der Waals surface area (Å²) in [7, 11) is 3.26. The molecule has 0 fully saturated rings. The van der Waals surface area contributed by atoms with Gasteiger partial charge in [-0.15, -0.1) is 0 Å². The van der Waals surface area contributed by atoms with E-state index in [9.17, 15) is 9.59 Å². The van der Waals surface area contributed by atoms with Gasteiger partial charge >= 0.3 is 5.69 Å². The number of hydrogen-bond donors (Lipinski definition) is 0. The predicted octanol–water partition coefficient (Wildman–Crippen LogP) is 0.790. The van der Waals surface area contributed by atoms with Crippen LogP contribution in [0.25, 0.3) is 11.2 Å². The van der Waals surface area contributed by atoms with Crippen LogP contribution >= 0.6 is 0 Å². The Morgan fingerprint density at radius 2 is 1.86 bits per heavy atom. The lowest BCUT2D eigenvalue weighted by Gasteiger charge is -2.12. The number of aryl methyl sites for hydroxylation is 2. The highest BCUT2D eigenvalue weighted by Crippen LogP contribution is 2.11. The lowest BCUT2D eigenvalue weighted by Crippen LogP contribution is -2.38. The maximum atomic E-state index is 12.5. The highest BCUT2D eigenvalue weighted by atomic mass is 16.2. The average molecular weight is 284 g/mol. The lowest BCUT2D eigenvalue weighted by atomic mass is 10.1. The van der Waals surface area contributed by atoms with Gasteiger partial charge in [-0.3, -0.25) is 13.9 Å². The fraction of sp³-hybridized carbons (Fsp3) is 0.267. The Hall–Kier alpha value is -2.63. The van der Waals surface area contributed by atoms with Gasteiger partial charge in [-0.25, -0.2) is 9.78 Å². The number of nitrogens with zero attached hydrogens (tertiary/aromatic N) is 4. The Bertz CT molecular complexity index is 946. The Balaban J connectivity index is 2.33. The van der Waals surface area contributed by atoms with Crippen molar-refractivity contribution >= 4 is 11.2 Å². The molecule has 21 heavy (non-hydrogen) atoms. The minimum atomic E-state index is -0.364. The maximum absolute atomic E-state index is 12.5. The fourth-order valence-corrected chi connectivity index (χ4v) is 2.51. The summed E-state index contributed by atoms with van der Waals surface area (Å²) in [6.45, 7) is 2.42. The van der Waals surface area contributed by atoms with E-state index in [2.05, 4.69) is 4.98 Å². The summed E-state index contributed by atoms with van der Waals surface area (Å²) in [6.07, 6.45) is 1.56. The van der Waals surface area contributed by atoms with Crippen LogP contribution in [0.5, 0.6) is 0 Å². The van der Waals surface area contributed by atoms with Crippen LogP contribution in [0, 0.1) is 6.92 Å². The molecule has 0 saturated heterocycles. The molecule has 108 valence electrons. The van der Waals surface area contributed by atoms with Gasteiger partial charge < -0.3 is 4.57 Å². The third-order valence-electron chi connectivity index (χ3n) is 3.78. The molecule has 1 aromatic carbocycles. The van der Waals surface area contributed by atoms with E-state index < -0.39 is 0 Å². The summed E-state index contributed by atoms with van der Waals surface area (Å²) in [6, 6.07) is 7.88. The van der Waals surface area contributed by atoms with E-state index in [1.54, 1.807) is 22.5 Å². The third-order valence-corrected chi connectivity index (χ3v) is 3.78. The van der Waals surface area contributed by atoms with Crippen LogP contribution in [0.4, 0.5) is 0 Å². The fourth-order valence-electron chi connectivity index (χ4n) is 2.51. The summed E-state index contributed by atoms with van der Waals surface area (Å²) in [5.41, 5.74) is 2.31. The van der Waals surface area contributed by atoms with Crippen molar-refractivity contribution in [1.82, 2.24) is 18.7 Å². The van der Waals surface area contributed by atoms with Crippen LogP contribution in [0.2, 0.25) is 0 Å². The van der Waals surface area contributed by atoms with Gasteiger partial charge in [0, 0.05) is 14.1 Å². The van der Waals surface area contributed by atoms with Gasteiger partial charge in [-0.1, -0.05) is 24.3 Å². The molecule has 6 nitrogen and oxygen atoms in total. The number of fused-ring (bicyclic) bond motifs is 1. The second-order valence-electron chi connectivity index (χ2n) is 5.19. The summed E-state index contributed by atoms with van der Waals surface area (Å²) >= 11 is 0. The molecule has 2 heterocycles. The van der Waals surface area contributed by atoms with Crippen molar-refractivity contribution in [1.29, 1.82) is 0 Å². The average Bonchev–Trinajstić information content (AvgIpc) is 2.85. The van der Waals surface area contributed by atoms with E-state index in [0.717, 1.165) is 15.7 Å². The van der Waals surface area contributed by atoms with Crippen LogP contribution < -0.4 is 11.2 Å². The smallest absolute Gasteiger partial charge is 0.320 e. The molecule has 0 saturated carbocycles. The van der Waals surface area contributed by atoms with Gasteiger partial charge in [0.1, 0.15) is 5.65 Å². The molecule has 2 aromatic heterocycles. The monoisotopic (exact) mass is 284 g/mol. The van der Waals surface area contributed by atoms with Crippen LogP contribution in [0.15, 0.2) is 40.2 Å². The first-order valence-electron chi connectivity index (χ1n) is 6.66. The lowest BCUT2D eigenvalue weighted by molar-refractivity contribution is 0.657. The largest absolute Gasteiger partial charge is 0.332 e. The number of hydrogen-bond acceptors (Lipinski definition) is 3. The first kappa shape index (κ1) is 13.4.